The van der Waals surface area contributed by atoms with Crippen LogP contribution in [0.3, 0.4) is 0 Å². The van der Waals surface area contributed by atoms with Gasteiger partial charge < -0.3 is 20.3 Å². The molecule has 4 N–H and O–H groups in total. The van der Waals surface area contributed by atoms with E-state index in [0.29, 0.717) is 42.5 Å². The van der Waals surface area contributed by atoms with Gasteiger partial charge in [0.25, 0.3) is 0 Å². The number of hydrogen-bond acceptors (Lipinski definition) is 5. The van der Waals surface area contributed by atoms with Crippen molar-refractivity contribution in [1.82, 2.24) is 20.3 Å². The number of H-pyrrole nitrogens is 3. The van der Waals surface area contributed by atoms with Crippen LogP contribution < -0.4 is 16.0 Å². The molecular weight excluding hydrogens is 1720 g/mol. The highest BCUT2D eigenvalue weighted by Crippen LogP contribution is 2.45. The Balaban J connectivity index is 1.04. The van der Waals surface area contributed by atoms with E-state index in [-0.39, 0.29) is 42.5 Å². The van der Waals surface area contributed by atoms with Gasteiger partial charge in [-0.25, -0.2) is 169 Å². The van der Waals surface area contributed by atoms with Gasteiger partial charge in [0, 0.05) is 67.3 Å². The number of aromatic nitrogens is 3. The minimum atomic E-state index is -3.03. The van der Waals surface area contributed by atoms with E-state index in [1.54, 1.807) is 0 Å². The minimum absolute atomic E-state index is 0.249. The van der Waals surface area contributed by atoms with E-state index in [1.807, 2.05) is 20.3 Å². The number of amides is 1. The Morgan fingerprint density at radius 2 is 0.413 bits per heavy atom. The highest BCUT2D eigenvalue weighted by atomic mass is 19.2. The molecule has 10 aromatic rings. The summed E-state index contributed by atoms with van der Waals surface area (Å²) in [5, 5.41) is -0.899. The monoisotopic (exact) mass is 1740 g/mol. The number of halogens is 35. The highest BCUT2D eigenvalue weighted by molar-refractivity contribution is 6.33. The van der Waals surface area contributed by atoms with Crippen LogP contribution in [0.15, 0.2) is 123 Å². The zero-order valence-electron chi connectivity index (χ0n) is 57.0. The molecule has 14 rings (SSSR count). The summed E-state index contributed by atoms with van der Waals surface area (Å²) in [4.78, 5) is 43.2. The Hall–Kier alpha value is -14.3. The van der Waals surface area contributed by atoms with Crippen LogP contribution in [0, 0.1) is 204 Å². The second kappa shape index (κ2) is 30.3. The maximum Gasteiger partial charge on any atom is 0.248 e. The van der Waals surface area contributed by atoms with Crippen molar-refractivity contribution >= 4 is 62.3 Å². The summed E-state index contributed by atoms with van der Waals surface area (Å²) in [6.07, 6.45) is 3.14. The number of rotatable bonds is 14. The van der Waals surface area contributed by atoms with Crippen molar-refractivity contribution in [3.05, 3.63) is 384 Å². The first kappa shape index (κ1) is 83.2. The number of carbonyl (C=O) groups excluding carboxylic acids is 2. The smallest absolute Gasteiger partial charge is 0.248 e. The number of aromatic amines is 3. The van der Waals surface area contributed by atoms with Crippen LogP contribution in [0.4, 0.5) is 154 Å². The van der Waals surface area contributed by atoms with Gasteiger partial charge in [0.05, 0.1) is 79.0 Å². The molecule has 0 radical (unpaired) electrons. The van der Waals surface area contributed by atoms with Crippen molar-refractivity contribution in [2.24, 2.45) is 15.0 Å². The van der Waals surface area contributed by atoms with Crippen LogP contribution >= 0.6 is 0 Å². The third-order valence-corrected chi connectivity index (χ3v) is 18.2. The summed E-state index contributed by atoms with van der Waals surface area (Å²) in [6.45, 7) is 0. The minimum Gasteiger partial charge on any atom is -0.354 e. The molecule has 0 fully saturated rings. The van der Waals surface area contributed by atoms with Gasteiger partial charge in [-0.2, -0.15) is 0 Å². The molecule has 0 atom stereocenters. The van der Waals surface area contributed by atoms with Gasteiger partial charge in [-0.05, 0) is 78.9 Å². The number of allylic oxidation sites excluding steroid dienone is 8. The molecule has 3 aromatic heterocycles. The Morgan fingerprint density at radius 3 is 0.661 bits per heavy atom. The van der Waals surface area contributed by atoms with Crippen LogP contribution in [-0.4, -0.2) is 43.8 Å². The predicted octanol–water partition coefficient (Wildman–Crippen LogP) is 19.0. The zero-order valence-corrected chi connectivity index (χ0v) is 57.0. The second-order valence-electron chi connectivity index (χ2n) is 24.9. The van der Waals surface area contributed by atoms with Gasteiger partial charge in [-0.1, -0.05) is 0 Å². The number of benzene rings is 7. The molecule has 7 heterocycles. The van der Waals surface area contributed by atoms with Gasteiger partial charge in [0.1, 0.15) is 5.56 Å². The maximum atomic E-state index is 16.7. The number of nitrogens with zero attached hydrogens (tertiary/aromatic N) is 3. The van der Waals surface area contributed by atoms with Gasteiger partial charge in [-0.15, -0.1) is 0 Å². The fraction of sp³-hybridized carbons (Fsp3) is 0. The molecule has 0 saturated heterocycles. The number of ketones is 1. The largest absolute Gasteiger partial charge is 0.354 e. The average molecular weight is 1740 g/mol. The first-order valence-electron chi connectivity index (χ1n) is 32.2. The van der Waals surface area contributed by atoms with Crippen LogP contribution in [0.2, 0.25) is 0 Å². The van der Waals surface area contributed by atoms with Crippen molar-refractivity contribution in [1.29, 1.82) is 0 Å². The Morgan fingerprint density at radius 1 is 0.207 bits per heavy atom. The van der Waals surface area contributed by atoms with E-state index in [2.05, 4.69) is 15.0 Å². The fourth-order valence-corrected chi connectivity index (χ4v) is 12.8. The maximum absolute atomic E-state index is 16.7. The molecule has 7 aromatic carbocycles. The quantitative estimate of drug-likeness (QED) is 0.0374. The van der Waals surface area contributed by atoms with Crippen molar-refractivity contribution in [3.8, 4) is 0 Å². The lowest BCUT2D eigenvalue weighted by atomic mass is 9.97. The summed E-state index contributed by atoms with van der Waals surface area (Å²) < 4.78 is 543. The first-order chi connectivity index (χ1) is 57.0. The molecule has 44 heteroatoms. The van der Waals surface area contributed by atoms with Crippen LogP contribution in [0.1, 0.15) is 66.5 Å². The van der Waals surface area contributed by atoms with E-state index in [0.717, 1.165) is 0 Å². The molecular formula is C77H18F35N7O2. The summed E-state index contributed by atoms with van der Waals surface area (Å²) in [7, 11) is 0. The van der Waals surface area contributed by atoms with Crippen LogP contribution in [0.5, 0.6) is 0 Å². The summed E-state index contributed by atoms with van der Waals surface area (Å²) in [6, 6.07) is 1.84. The summed E-state index contributed by atoms with van der Waals surface area (Å²) in [5.74, 6) is -104. The topological polar surface area (TPSA) is 131 Å². The number of nitrogens with one attached hydrogen (secondary N) is 4. The summed E-state index contributed by atoms with van der Waals surface area (Å²) >= 11 is 0. The van der Waals surface area contributed by atoms with Gasteiger partial charge in [-0.3, -0.25) is 9.59 Å². The molecule has 0 saturated carbocycles. The fourth-order valence-electron chi connectivity index (χ4n) is 12.8. The van der Waals surface area contributed by atoms with Gasteiger partial charge in [0.15, 0.2) is 163 Å². The predicted molar refractivity (Wildman–Crippen MR) is 346 cm³/mol. The van der Waals surface area contributed by atoms with E-state index >= 15 is 101 Å². The lowest BCUT2D eigenvalue weighted by Crippen LogP contribution is -2.24. The SMILES string of the molecule is O=C1C=C/C(=C(C2=N/C(=C(/c3ccc(/C(=C4\C=CC(C(/c5c(F)c(F)c(F)c(F)c5F)=c5/cc/c(=C(C6=N/C(=C(/c7ccc(C(=O)c8c(F)c(F)c(F)c(F)c8F)[nH]7)c7c(F)c(F)c(F)c(F)c7F)C=C6)/c6c(F)c(F)c(F)c(F)c6F)[nH]5)=N4)c4c(F)c(F)c(F)c(F)c4F)[nH]3)c3c(F)c(F)c(F)c(F)c3F)C=C2)\c2c(F)c(F)c(F)c(F)c2F)N1. The van der Waals surface area contributed by atoms with E-state index in [4.69, 9.17) is 0 Å². The van der Waals surface area contributed by atoms with Crippen molar-refractivity contribution in [3.63, 3.8) is 0 Å². The van der Waals surface area contributed by atoms with E-state index in [9.17, 15) is 62.3 Å². The molecule has 0 spiro atoms. The lowest BCUT2D eigenvalue weighted by Gasteiger charge is -2.15. The third-order valence-electron chi connectivity index (χ3n) is 18.2. The number of aliphatic imine (C=N–C) groups is 3. The standard InChI is InChI=1S/C77H18F35N7O2/c78-42-35(43(79)57(93)70(106)56(42)92)29(17-3-4-19(114-17)31(37-46(82)60(96)72(108)61(97)47(37)83)21-7-8-23(116-21)33(39-50(86)64(100)74(110)65(101)51(39)87)25-11-12-27(118-25)77(121)41-54(90)68(104)76(112)69(105)55(41)91)15-1-2-16(113-15)30(36-44(80)58(94)71(107)59(95)45(36)81)18-5-6-20(115-18)32(38-48(84)62(98)73(109)63(99)49(38)85)22-9-10-24(117-22)34(26-13-14-28(120)119-26)40-52(88)66(102)75(111)67(103)53(40)89/h1-14,114-115,118H,(H,119,120)/b29-17+,30-16-,31-19-,32-22-,33-23-,34-26+. The summed E-state index contributed by atoms with van der Waals surface area (Å²) in [5.41, 5.74) is -39.9. The Bertz CT molecular complexity index is 6820. The lowest BCUT2D eigenvalue weighted by molar-refractivity contribution is -0.115. The second-order valence-corrected chi connectivity index (χ2v) is 24.9. The molecule has 1 amide bonds. The third kappa shape index (κ3) is 12.9. The number of hydrogen-bond donors (Lipinski definition) is 4. The molecule has 618 valence electrons. The molecule has 0 aliphatic carbocycles. The highest BCUT2D eigenvalue weighted by Gasteiger charge is 2.41. The number of carbonyl (C=O) groups is 2. The van der Waals surface area contributed by atoms with E-state index in [1.165, 1.54) is 0 Å². The molecule has 121 heavy (non-hydrogen) atoms. The first-order valence-corrected chi connectivity index (χ1v) is 32.2. The Kier molecular flexibility index (Phi) is 20.8. The van der Waals surface area contributed by atoms with Crippen molar-refractivity contribution in [2.75, 3.05) is 0 Å². The molecule has 0 bridgehead atoms. The van der Waals surface area contributed by atoms with Gasteiger partial charge >= 0.3 is 0 Å². The van der Waals surface area contributed by atoms with Crippen LogP contribution in [0.25, 0.3) is 33.4 Å². The van der Waals surface area contributed by atoms with Crippen molar-refractivity contribution in [2.45, 2.75) is 0 Å². The van der Waals surface area contributed by atoms with Gasteiger partial charge in [0.2, 0.25) is 52.4 Å². The molecule has 0 unspecified atom stereocenters. The van der Waals surface area contributed by atoms with Crippen molar-refractivity contribution < 1.29 is 163 Å². The average Bonchev–Trinajstić information content (AvgIpc) is 1.75. The van der Waals surface area contributed by atoms with E-state index < -0.39 is 361 Å². The molecule has 4 aliphatic rings. The molecule has 9 nitrogen and oxygen atoms in total. The Labute approximate surface area is 642 Å². The van der Waals surface area contributed by atoms with Crippen LogP contribution in [-0.2, 0) is 4.79 Å². The molecule has 4 aliphatic heterocycles. The normalized spacial score (nSPS) is 16.0. The zero-order chi connectivity index (χ0) is 88.2.